The predicted octanol–water partition coefficient (Wildman–Crippen LogP) is 0.803. The van der Waals surface area contributed by atoms with Gasteiger partial charge in [0.15, 0.2) is 12.2 Å². The largest absolute Gasteiger partial charge is 0.445 e. The van der Waals surface area contributed by atoms with Crippen molar-refractivity contribution in [2.75, 3.05) is 13.7 Å². The third kappa shape index (κ3) is 1.35. The summed E-state index contributed by atoms with van der Waals surface area (Å²) in [5.74, 6) is 0.701. The van der Waals surface area contributed by atoms with Gasteiger partial charge in [-0.1, -0.05) is 0 Å². The van der Waals surface area contributed by atoms with Crippen LogP contribution in [0.1, 0.15) is 18.4 Å². The van der Waals surface area contributed by atoms with Crippen LogP contribution < -0.4 is 5.73 Å². The number of oxazole rings is 1. The Labute approximate surface area is 71.7 Å². The SMILES string of the molecule is COC(C)(CN)c1ocnc1C. The van der Waals surface area contributed by atoms with Gasteiger partial charge in [-0.05, 0) is 13.8 Å². The molecule has 1 rings (SSSR count). The van der Waals surface area contributed by atoms with E-state index in [1.54, 1.807) is 7.11 Å². The van der Waals surface area contributed by atoms with E-state index in [9.17, 15) is 0 Å². The predicted molar refractivity (Wildman–Crippen MR) is 44.7 cm³/mol. The van der Waals surface area contributed by atoms with E-state index in [-0.39, 0.29) is 0 Å². The van der Waals surface area contributed by atoms with Gasteiger partial charge in [-0.2, -0.15) is 0 Å². The van der Waals surface area contributed by atoms with Gasteiger partial charge in [0.25, 0.3) is 0 Å². The standard InChI is InChI=1S/C8H14N2O2/c1-6-7(12-5-10-6)8(2,4-9)11-3/h5H,4,9H2,1-3H3. The van der Waals surface area contributed by atoms with Gasteiger partial charge >= 0.3 is 0 Å². The number of aromatic nitrogens is 1. The van der Waals surface area contributed by atoms with Crippen molar-refractivity contribution in [2.24, 2.45) is 5.73 Å². The van der Waals surface area contributed by atoms with Crippen molar-refractivity contribution in [3.8, 4) is 0 Å². The van der Waals surface area contributed by atoms with Gasteiger partial charge in [-0.25, -0.2) is 4.98 Å². The van der Waals surface area contributed by atoms with E-state index in [4.69, 9.17) is 14.9 Å². The van der Waals surface area contributed by atoms with Gasteiger partial charge in [0.05, 0.1) is 5.69 Å². The molecule has 0 saturated heterocycles. The molecule has 0 saturated carbocycles. The molecular formula is C8H14N2O2. The first-order chi connectivity index (χ1) is 5.64. The molecule has 0 amide bonds. The van der Waals surface area contributed by atoms with Crippen LogP contribution in [0, 0.1) is 6.92 Å². The molecule has 68 valence electrons. The number of rotatable bonds is 3. The van der Waals surface area contributed by atoms with E-state index in [2.05, 4.69) is 4.98 Å². The molecule has 0 aliphatic rings. The fourth-order valence-corrected chi connectivity index (χ4v) is 1.08. The van der Waals surface area contributed by atoms with E-state index < -0.39 is 5.60 Å². The lowest BCUT2D eigenvalue weighted by molar-refractivity contribution is -0.00843. The number of nitrogens with two attached hydrogens (primary N) is 1. The van der Waals surface area contributed by atoms with Gasteiger partial charge in [0.2, 0.25) is 0 Å². The summed E-state index contributed by atoms with van der Waals surface area (Å²) >= 11 is 0. The highest BCUT2D eigenvalue weighted by Crippen LogP contribution is 2.25. The molecule has 12 heavy (non-hydrogen) atoms. The molecule has 2 N–H and O–H groups in total. The highest BCUT2D eigenvalue weighted by Gasteiger charge is 2.30. The van der Waals surface area contributed by atoms with Gasteiger partial charge in [0, 0.05) is 13.7 Å². The summed E-state index contributed by atoms with van der Waals surface area (Å²) in [7, 11) is 1.61. The van der Waals surface area contributed by atoms with Crippen molar-refractivity contribution in [3.05, 3.63) is 17.8 Å². The molecule has 1 aromatic rings. The average Bonchev–Trinajstić information content (AvgIpc) is 2.51. The number of nitrogens with zero attached hydrogens (tertiary/aromatic N) is 1. The Morgan fingerprint density at radius 2 is 2.42 bits per heavy atom. The van der Waals surface area contributed by atoms with Gasteiger partial charge in [-0.3, -0.25) is 0 Å². The summed E-state index contributed by atoms with van der Waals surface area (Å²) in [5.41, 5.74) is 5.83. The summed E-state index contributed by atoms with van der Waals surface area (Å²) in [4.78, 5) is 3.98. The number of methoxy groups -OCH3 is 1. The molecule has 0 radical (unpaired) electrons. The normalized spacial score (nSPS) is 16.0. The zero-order chi connectivity index (χ0) is 9.19. The molecule has 0 aromatic carbocycles. The van der Waals surface area contributed by atoms with Crippen LogP contribution in [0.15, 0.2) is 10.8 Å². The molecule has 0 fully saturated rings. The van der Waals surface area contributed by atoms with Gasteiger partial charge in [-0.15, -0.1) is 0 Å². The van der Waals surface area contributed by atoms with Crippen LogP contribution in [0.4, 0.5) is 0 Å². The van der Waals surface area contributed by atoms with Crippen LogP contribution in [0.25, 0.3) is 0 Å². The second-order valence-corrected chi connectivity index (χ2v) is 2.91. The molecule has 0 spiro atoms. The maximum atomic E-state index is 5.56. The van der Waals surface area contributed by atoms with Crippen molar-refractivity contribution in [3.63, 3.8) is 0 Å². The lowest BCUT2D eigenvalue weighted by Crippen LogP contribution is -2.33. The number of hydrogen-bond acceptors (Lipinski definition) is 4. The van der Waals surface area contributed by atoms with E-state index in [0.717, 1.165) is 5.69 Å². The maximum Gasteiger partial charge on any atom is 0.181 e. The van der Waals surface area contributed by atoms with Crippen LogP contribution in [0.3, 0.4) is 0 Å². The van der Waals surface area contributed by atoms with Crippen molar-refractivity contribution in [1.29, 1.82) is 0 Å². The summed E-state index contributed by atoms with van der Waals surface area (Å²) in [6.45, 7) is 4.12. The highest BCUT2D eigenvalue weighted by atomic mass is 16.5. The third-order valence-corrected chi connectivity index (χ3v) is 2.07. The molecule has 1 aromatic heterocycles. The molecule has 4 nitrogen and oxygen atoms in total. The first-order valence-corrected chi connectivity index (χ1v) is 3.80. The van der Waals surface area contributed by atoms with Crippen LogP contribution >= 0.6 is 0 Å². The minimum Gasteiger partial charge on any atom is -0.445 e. The quantitative estimate of drug-likeness (QED) is 0.729. The lowest BCUT2D eigenvalue weighted by atomic mass is 10.0. The average molecular weight is 170 g/mol. The molecular weight excluding hydrogens is 156 g/mol. The number of ether oxygens (including phenoxy) is 1. The topological polar surface area (TPSA) is 61.3 Å². The van der Waals surface area contributed by atoms with Gasteiger partial charge in [0.1, 0.15) is 5.60 Å². The van der Waals surface area contributed by atoms with E-state index in [0.29, 0.717) is 12.3 Å². The summed E-state index contributed by atoms with van der Waals surface area (Å²) in [6.07, 6.45) is 1.40. The van der Waals surface area contributed by atoms with Crippen molar-refractivity contribution < 1.29 is 9.15 Å². The second-order valence-electron chi connectivity index (χ2n) is 2.91. The Balaban J connectivity index is 3.02. The van der Waals surface area contributed by atoms with E-state index in [1.165, 1.54) is 6.39 Å². The molecule has 1 unspecified atom stereocenters. The first kappa shape index (κ1) is 9.22. The zero-order valence-corrected chi connectivity index (χ0v) is 7.63. The number of hydrogen-bond donors (Lipinski definition) is 1. The zero-order valence-electron chi connectivity index (χ0n) is 7.63. The van der Waals surface area contributed by atoms with Crippen molar-refractivity contribution in [1.82, 2.24) is 4.98 Å². The van der Waals surface area contributed by atoms with Gasteiger partial charge < -0.3 is 14.9 Å². The molecule has 1 atom stereocenters. The van der Waals surface area contributed by atoms with Crippen LogP contribution in [0.2, 0.25) is 0 Å². The molecule has 0 aliphatic carbocycles. The van der Waals surface area contributed by atoms with Crippen LogP contribution in [0.5, 0.6) is 0 Å². The molecule has 4 heteroatoms. The van der Waals surface area contributed by atoms with Crippen molar-refractivity contribution >= 4 is 0 Å². The summed E-state index contributed by atoms with van der Waals surface area (Å²) in [5, 5.41) is 0. The Hall–Kier alpha value is -0.870. The van der Waals surface area contributed by atoms with E-state index in [1.807, 2.05) is 13.8 Å². The Bertz CT molecular complexity index is 253. The van der Waals surface area contributed by atoms with E-state index >= 15 is 0 Å². The highest BCUT2D eigenvalue weighted by molar-refractivity contribution is 5.13. The van der Waals surface area contributed by atoms with Crippen LogP contribution in [-0.4, -0.2) is 18.6 Å². The fraction of sp³-hybridized carbons (Fsp3) is 0.625. The number of aryl methyl sites for hydroxylation is 1. The van der Waals surface area contributed by atoms with Crippen LogP contribution in [-0.2, 0) is 10.3 Å². The smallest absolute Gasteiger partial charge is 0.181 e. The lowest BCUT2D eigenvalue weighted by Gasteiger charge is -2.23. The molecule has 0 bridgehead atoms. The summed E-state index contributed by atoms with van der Waals surface area (Å²) in [6, 6.07) is 0. The second kappa shape index (κ2) is 3.25. The fourth-order valence-electron chi connectivity index (χ4n) is 1.08. The Morgan fingerprint density at radius 1 is 1.75 bits per heavy atom. The third-order valence-electron chi connectivity index (χ3n) is 2.07. The first-order valence-electron chi connectivity index (χ1n) is 3.80. The molecule has 1 heterocycles. The Morgan fingerprint density at radius 3 is 2.75 bits per heavy atom. The molecule has 0 aliphatic heterocycles. The minimum atomic E-state index is -0.555. The minimum absolute atomic E-state index is 0.375. The summed E-state index contributed by atoms with van der Waals surface area (Å²) < 4.78 is 10.4. The maximum absolute atomic E-state index is 5.56. The van der Waals surface area contributed by atoms with Crippen molar-refractivity contribution in [2.45, 2.75) is 19.4 Å². The Kier molecular flexibility index (Phi) is 2.49. The monoisotopic (exact) mass is 170 g/mol.